The highest BCUT2D eigenvalue weighted by Gasteiger charge is 2.28. The number of fused-ring (bicyclic) bond motifs is 1. The zero-order chi connectivity index (χ0) is 18.0. The van der Waals surface area contributed by atoms with E-state index in [2.05, 4.69) is 31.1 Å². The molecule has 0 fully saturated rings. The Morgan fingerprint density at radius 1 is 1.24 bits per heavy atom. The van der Waals surface area contributed by atoms with Crippen LogP contribution in [-0.4, -0.2) is 18.2 Å². The summed E-state index contributed by atoms with van der Waals surface area (Å²) in [6.07, 6.45) is 0. The largest absolute Gasteiger partial charge is 0.505 e. The highest BCUT2D eigenvalue weighted by Crippen LogP contribution is 2.44. The van der Waals surface area contributed by atoms with Crippen molar-refractivity contribution in [3.63, 3.8) is 0 Å². The van der Waals surface area contributed by atoms with Crippen LogP contribution in [0, 0.1) is 0 Å². The Hall–Kier alpha value is -2.69. The zero-order valence-electron chi connectivity index (χ0n) is 15.1. The Bertz CT molecular complexity index is 793. The number of phenolic OH excluding ortho intramolecular Hbond substituents is 1. The monoisotopic (exact) mass is 340 g/mol. The number of amidine groups is 1. The van der Waals surface area contributed by atoms with Crippen molar-refractivity contribution in [2.75, 3.05) is 12.4 Å². The number of hydrogen-bond acceptors (Lipinski definition) is 4. The standard InChI is InChI=1S/C20H24N2O3/c1-20(2,3)15-10-16(24-4)14-12-25-19(22-17(14)18(15)23)21-11-13-8-6-5-7-9-13/h5-10,23H,11-12H2,1-4H3,(H,21,22). The lowest BCUT2D eigenvalue weighted by Gasteiger charge is -2.28. The molecule has 0 saturated carbocycles. The van der Waals surface area contributed by atoms with Crippen LogP contribution in [0.4, 0.5) is 5.69 Å². The molecule has 0 spiro atoms. The summed E-state index contributed by atoms with van der Waals surface area (Å²) in [5.41, 5.74) is 3.11. The normalized spacial score (nSPS) is 15.3. The molecular weight excluding hydrogens is 316 g/mol. The van der Waals surface area contributed by atoms with Gasteiger partial charge in [-0.1, -0.05) is 51.1 Å². The van der Waals surface area contributed by atoms with Gasteiger partial charge in [-0.2, -0.15) is 0 Å². The van der Waals surface area contributed by atoms with Crippen LogP contribution in [0.25, 0.3) is 0 Å². The van der Waals surface area contributed by atoms with Crippen molar-refractivity contribution in [3.05, 3.63) is 53.1 Å². The molecule has 2 aromatic carbocycles. The number of methoxy groups -OCH3 is 1. The highest BCUT2D eigenvalue weighted by atomic mass is 16.5. The number of rotatable bonds is 3. The molecule has 0 amide bonds. The maximum atomic E-state index is 10.8. The van der Waals surface area contributed by atoms with Crippen LogP contribution in [-0.2, 0) is 23.3 Å². The van der Waals surface area contributed by atoms with Crippen LogP contribution in [0.15, 0.2) is 41.4 Å². The first kappa shape index (κ1) is 17.1. The molecule has 2 N–H and O–H groups in total. The van der Waals surface area contributed by atoms with Crippen LogP contribution < -0.4 is 10.1 Å². The van der Waals surface area contributed by atoms with Gasteiger partial charge in [0, 0.05) is 5.56 Å². The van der Waals surface area contributed by atoms with E-state index in [4.69, 9.17) is 9.47 Å². The van der Waals surface area contributed by atoms with Crippen molar-refractivity contribution in [1.82, 2.24) is 0 Å². The molecular formula is C20H24N2O3. The lowest BCUT2D eigenvalue weighted by molar-refractivity contribution is 0.274. The van der Waals surface area contributed by atoms with Crippen molar-refractivity contribution < 1.29 is 14.6 Å². The molecule has 0 saturated heterocycles. The van der Waals surface area contributed by atoms with E-state index in [1.165, 1.54) is 0 Å². The number of phenols is 1. The topological polar surface area (TPSA) is 63.1 Å². The van der Waals surface area contributed by atoms with Gasteiger partial charge in [-0.05, 0) is 17.0 Å². The number of hydrogen-bond donors (Lipinski definition) is 2. The van der Waals surface area contributed by atoms with E-state index in [1.807, 2.05) is 36.4 Å². The van der Waals surface area contributed by atoms with Gasteiger partial charge in [-0.3, -0.25) is 0 Å². The fourth-order valence-corrected chi connectivity index (χ4v) is 2.83. The fourth-order valence-electron chi connectivity index (χ4n) is 2.83. The molecule has 0 aromatic heterocycles. The SMILES string of the molecule is COc1cc(C(C)(C)C)c(O)c2c1COC(=NCc1ccccc1)N2. The van der Waals surface area contributed by atoms with Gasteiger partial charge in [0.05, 0.1) is 24.9 Å². The van der Waals surface area contributed by atoms with Gasteiger partial charge < -0.3 is 19.9 Å². The van der Waals surface area contributed by atoms with E-state index >= 15 is 0 Å². The summed E-state index contributed by atoms with van der Waals surface area (Å²) in [4.78, 5) is 4.47. The third kappa shape index (κ3) is 3.55. The van der Waals surface area contributed by atoms with Gasteiger partial charge in [-0.15, -0.1) is 0 Å². The Balaban J connectivity index is 1.94. The summed E-state index contributed by atoms with van der Waals surface area (Å²) in [5, 5.41) is 13.9. The Morgan fingerprint density at radius 3 is 2.60 bits per heavy atom. The van der Waals surface area contributed by atoms with Gasteiger partial charge in [0.2, 0.25) is 0 Å². The zero-order valence-corrected chi connectivity index (χ0v) is 15.1. The van der Waals surface area contributed by atoms with E-state index in [0.29, 0.717) is 30.6 Å². The smallest absolute Gasteiger partial charge is 0.289 e. The van der Waals surface area contributed by atoms with Gasteiger partial charge in [0.15, 0.2) is 0 Å². The maximum absolute atomic E-state index is 10.8. The van der Waals surface area contributed by atoms with Crippen LogP contribution in [0.5, 0.6) is 11.5 Å². The molecule has 0 atom stereocenters. The first-order chi connectivity index (χ1) is 11.9. The average molecular weight is 340 g/mol. The number of aromatic hydroxyl groups is 1. The minimum absolute atomic E-state index is 0.215. The van der Waals surface area contributed by atoms with Crippen LogP contribution >= 0.6 is 0 Å². The van der Waals surface area contributed by atoms with Crippen molar-refractivity contribution in [2.24, 2.45) is 4.99 Å². The molecule has 25 heavy (non-hydrogen) atoms. The van der Waals surface area contributed by atoms with Crippen molar-refractivity contribution in [3.8, 4) is 11.5 Å². The van der Waals surface area contributed by atoms with E-state index in [9.17, 15) is 5.11 Å². The maximum Gasteiger partial charge on any atom is 0.289 e. The van der Waals surface area contributed by atoms with Crippen LogP contribution in [0.2, 0.25) is 0 Å². The highest BCUT2D eigenvalue weighted by molar-refractivity contribution is 5.94. The molecule has 1 heterocycles. The molecule has 3 rings (SSSR count). The third-order valence-corrected chi connectivity index (χ3v) is 4.23. The average Bonchev–Trinajstić information content (AvgIpc) is 2.60. The lowest BCUT2D eigenvalue weighted by atomic mass is 9.84. The first-order valence-electron chi connectivity index (χ1n) is 8.31. The molecule has 132 valence electrons. The Labute approximate surface area is 148 Å². The van der Waals surface area contributed by atoms with Crippen LogP contribution in [0.1, 0.15) is 37.5 Å². The van der Waals surface area contributed by atoms with E-state index in [1.54, 1.807) is 7.11 Å². The number of anilines is 1. The summed E-state index contributed by atoms with van der Waals surface area (Å²) < 4.78 is 11.2. The number of benzene rings is 2. The molecule has 1 aliphatic heterocycles. The summed E-state index contributed by atoms with van der Waals surface area (Å²) in [6.45, 7) is 6.97. The van der Waals surface area contributed by atoms with Crippen LogP contribution in [0.3, 0.4) is 0 Å². The molecule has 5 nitrogen and oxygen atoms in total. The number of aliphatic imine (C=N–C) groups is 1. The summed E-state index contributed by atoms with van der Waals surface area (Å²) >= 11 is 0. The Morgan fingerprint density at radius 2 is 1.96 bits per heavy atom. The summed E-state index contributed by atoms with van der Waals surface area (Å²) in [5.74, 6) is 0.923. The quantitative estimate of drug-likeness (QED) is 0.822. The van der Waals surface area contributed by atoms with E-state index in [-0.39, 0.29) is 11.2 Å². The molecule has 2 aromatic rings. The molecule has 1 aliphatic rings. The second kappa shape index (κ2) is 6.67. The van der Waals surface area contributed by atoms with Crippen molar-refractivity contribution in [2.45, 2.75) is 39.3 Å². The first-order valence-corrected chi connectivity index (χ1v) is 8.31. The second-order valence-electron chi connectivity index (χ2n) is 7.10. The number of nitrogens with zero attached hydrogens (tertiary/aromatic N) is 1. The van der Waals surface area contributed by atoms with Gasteiger partial charge in [0.25, 0.3) is 6.02 Å². The Kier molecular flexibility index (Phi) is 4.57. The summed E-state index contributed by atoms with van der Waals surface area (Å²) in [6, 6.07) is 12.2. The third-order valence-electron chi connectivity index (χ3n) is 4.23. The second-order valence-corrected chi connectivity index (χ2v) is 7.10. The molecule has 0 bridgehead atoms. The fraction of sp³-hybridized carbons (Fsp3) is 0.350. The van der Waals surface area contributed by atoms with Crippen molar-refractivity contribution >= 4 is 11.7 Å². The van der Waals surface area contributed by atoms with Gasteiger partial charge in [-0.25, -0.2) is 4.99 Å². The molecule has 0 unspecified atom stereocenters. The van der Waals surface area contributed by atoms with Gasteiger partial charge >= 0.3 is 0 Å². The summed E-state index contributed by atoms with van der Waals surface area (Å²) in [7, 11) is 1.62. The molecule has 5 heteroatoms. The van der Waals surface area contributed by atoms with E-state index in [0.717, 1.165) is 16.7 Å². The van der Waals surface area contributed by atoms with Crippen molar-refractivity contribution in [1.29, 1.82) is 0 Å². The number of ether oxygens (including phenoxy) is 2. The minimum Gasteiger partial charge on any atom is -0.505 e. The number of nitrogens with one attached hydrogen (secondary N) is 1. The predicted octanol–water partition coefficient (Wildman–Crippen LogP) is 4.20. The molecule has 0 aliphatic carbocycles. The predicted molar refractivity (Wildman–Crippen MR) is 99.4 cm³/mol. The lowest BCUT2D eigenvalue weighted by Crippen LogP contribution is -2.24. The van der Waals surface area contributed by atoms with Gasteiger partial charge in [0.1, 0.15) is 18.1 Å². The minimum atomic E-state index is -0.215. The van der Waals surface area contributed by atoms with E-state index < -0.39 is 0 Å². The molecule has 0 radical (unpaired) electrons.